The molecule has 0 saturated carbocycles. The summed E-state index contributed by atoms with van der Waals surface area (Å²) in [6, 6.07) is 11.3. The molecule has 2 aromatic rings. The van der Waals surface area contributed by atoms with Crippen molar-refractivity contribution in [3.63, 3.8) is 0 Å². The quantitative estimate of drug-likeness (QED) is 0.243. The fourth-order valence-electron chi connectivity index (χ4n) is 3.60. The van der Waals surface area contributed by atoms with Crippen molar-refractivity contribution in [1.29, 1.82) is 0 Å². The number of aliphatic carboxylic acids is 1. The summed E-state index contributed by atoms with van der Waals surface area (Å²) in [6.07, 6.45) is 1.61. The summed E-state index contributed by atoms with van der Waals surface area (Å²) in [5, 5.41) is 19.6. The van der Waals surface area contributed by atoms with Crippen LogP contribution in [0, 0.1) is 5.82 Å². The van der Waals surface area contributed by atoms with Crippen molar-refractivity contribution in [2.24, 2.45) is 0 Å². The minimum absolute atomic E-state index is 0.0412. The first-order valence-corrected chi connectivity index (χ1v) is 10.6. The Morgan fingerprint density at radius 1 is 0.968 bits per heavy atom. The van der Waals surface area contributed by atoms with Gasteiger partial charge in [-0.15, -0.1) is 0 Å². The van der Waals surface area contributed by atoms with E-state index in [4.69, 9.17) is 5.11 Å². The third-order valence-corrected chi connectivity index (χ3v) is 5.66. The molecule has 2 N–H and O–H groups in total. The number of benzene rings is 2. The van der Waals surface area contributed by atoms with Crippen LogP contribution in [0.1, 0.15) is 42.9 Å². The first-order chi connectivity index (χ1) is 14.8. The zero-order valence-corrected chi connectivity index (χ0v) is 18.1. The molecule has 3 rings (SSSR count). The monoisotopic (exact) mass is 489 g/mol. The van der Waals surface area contributed by atoms with E-state index in [0.29, 0.717) is 24.8 Å². The van der Waals surface area contributed by atoms with Gasteiger partial charge in [-0.3, -0.25) is 14.4 Å². The highest BCUT2D eigenvalue weighted by Crippen LogP contribution is 2.39. The average Bonchev–Trinajstić information content (AvgIpc) is 2.99. The average molecular weight is 490 g/mol. The van der Waals surface area contributed by atoms with Crippen molar-refractivity contribution in [1.82, 2.24) is 4.90 Å². The van der Waals surface area contributed by atoms with Gasteiger partial charge >= 0.3 is 5.97 Å². The number of aliphatic hydroxyl groups is 1. The first-order valence-electron chi connectivity index (χ1n) is 9.81. The van der Waals surface area contributed by atoms with Crippen LogP contribution in [0.25, 0.3) is 5.76 Å². The summed E-state index contributed by atoms with van der Waals surface area (Å²) >= 11 is 3.36. The van der Waals surface area contributed by atoms with Crippen LogP contribution >= 0.6 is 15.9 Å². The van der Waals surface area contributed by atoms with E-state index in [0.717, 1.165) is 4.47 Å². The molecule has 0 bridgehead atoms. The van der Waals surface area contributed by atoms with E-state index in [9.17, 15) is 23.9 Å². The summed E-state index contributed by atoms with van der Waals surface area (Å²) in [7, 11) is 0. The van der Waals surface area contributed by atoms with Gasteiger partial charge in [-0.05, 0) is 54.8 Å². The van der Waals surface area contributed by atoms with Crippen molar-refractivity contribution in [3.05, 3.63) is 75.5 Å². The van der Waals surface area contributed by atoms with Gasteiger partial charge in [-0.2, -0.15) is 0 Å². The molecule has 1 aliphatic heterocycles. The third-order valence-electron chi connectivity index (χ3n) is 5.13. The predicted molar refractivity (Wildman–Crippen MR) is 116 cm³/mol. The summed E-state index contributed by atoms with van der Waals surface area (Å²) in [4.78, 5) is 37.7. The number of rotatable bonds is 8. The molecule has 1 atom stereocenters. The van der Waals surface area contributed by atoms with E-state index >= 15 is 0 Å². The van der Waals surface area contributed by atoms with Gasteiger partial charge < -0.3 is 15.1 Å². The van der Waals surface area contributed by atoms with Crippen molar-refractivity contribution in [3.8, 4) is 0 Å². The van der Waals surface area contributed by atoms with Crippen molar-refractivity contribution in [2.45, 2.75) is 31.7 Å². The predicted octanol–water partition coefficient (Wildman–Crippen LogP) is 4.65. The third kappa shape index (κ3) is 5.19. The Kier molecular flexibility index (Phi) is 7.22. The van der Waals surface area contributed by atoms with Gasteiger partial charge in [0.05, 0.1) is 11.6 Å². The molecule has 0 aliphatic carbocycles. The second-order valence-corrected chi connectivity index (χ2v) is 8.17. The number of hydrogen-bond acceptors (Lipinski definition) is 4. The van der Waals surface area contributed by atoms with Crippen LogP contribution in [0.4, 0.5) is 4.39 Å². The highest BCUT2D eigenvalue weighted by atomic mass is 79.9. The number of carbonyl (C=O) groups is 3. The minimum Gasteiger partial charge on any atom is -0.507 e. The van der Waals surface area contributed by atoms with E-state index in [2.05, 4.69) is 15.9 Å². The molecular weight excluding hydrogens is 469 g/mol. The Morgan fingerprint density at radius 2 is 1.61 bits per heavy atom. The molecule has 162 valence electrons. The number of carboxylic acid groups (broad SMARTS) is 1. The number of unbranched alkanes of at least 4 members (excludes halogenated alkanes) is 2. The summed E-state index contributed by atoms with van der Waals surface area (Å²) in [6.45, 7) is 0.241. The van der Waals surface area contributed by atoms with Gasteiger partial charge in [0, 0.05) is 23.0 Å². The maximum Gasteiger partial charge on any atom is 0.303 e. The molecule has 0 radical (unpaired) electrons. The van der Waals surface area contributed by atoms with Gasteiger partial charge in [0.1, 0.15) is 11.6 Å². The Balaban J connectivity index is 1.96. The normalized spacial score (nSPS) is 17.9. The summed E-state index contributed by atoms with van der Waals surface area (Å²) < 4.78 is 14.1. The lowest BCUT2D eigenvalue weighted by molar-refractivity contribution is -0.140. The number of ketones is 1. The maximum atomic E-state index is 13.3. The zero-order valence-electron chi connectivity index (χ0n) is 16.6. The van der Waals surface area contributed by atoms with Gasteiger partial charge in [-0.25, -0.2) is 4.39 Å². The van der Waals surface area contributed by atoms with Gasteiger partial charge in [0.15, 0.2) is 0 Å². The van der Waals surface area contributed by atoms with Crippen LogP contribution in [0.3, 0.4) is 0 Å². The lowest BCUT2D eigenvalue weighted by atomic mass is 9.95. The highest BCUT2D eigenvalue weighted by Gasteiger charge is 2.45. The Hall–Kier alpha value is -3.00. The summed E-state index contributed by atoms with van der Waals surface area (Å²) in [5.41, 5.74) is 0.837. The van der Waals surface area contributed by atoms with E-state index in [1.54, 1.807) is 24.3 Å². The number of carboxylic acids is 1. The first kappa shape index (κ1) is 22.7. The minimum atomic E-state index is -0.880. The molecule has 1 amide bonds. The smallest absolute Gasteiger partial charge is 0.303 e. The number of Topliss-reactive ketones (excluding diaryl/α,β-unsaturated/α-hetero) is 1. The van der Waals surface area contributed by atoms with Gasteiger partial charge in [0.2, 0.25) is 0 Å². The number of hydrogen-bond donors (Lipinski definition) is 2. The molecular formula is C23H21BrFNO5. The second kappa shape index (κ2) is 9.87. The van der Waals surface area contributed by atoms with Crippen molar-refractivity contribution < 1.29 is 29.0 Å². The molecule has 1 unspecified atom stereocenters. The van der Waals surface area contributed by atoms with Crippen molar-refractivity contribution in [2.75, 3.05) is 6.54 Å². The van der Waals surface area contributed by atoms with E-state index in [1.807, 2.05) is 0 Å². The Morgan fingerprint density at radius 3 is 2.23 bits per heavy atom. The number of nitrogens with zero attached hydrogens (tertiary/aromatic N) is 1. The molecule has 0 aromatic heterocycles. The lowest BCUT2D eigenvalue weighted by Gasteiger charge is -2.25. The Bertz CT molecular complexity index is 1020. The van der Waals surface area contributed by atoms with Gasteiger partial charge in [-0.1, -0.05) is 34.5 Å². The molecule has 1 saturated heterocycles. The number of likely N-dealkylation sites (tertiary alicyclic amines) is 1. The fraction of sp³-hybridized carbons (Fsp3) is 0.261. The van der Waals surface area contributed by atoms with E-state index < -0.39 is 29.5 Å². The second-order valence-electron chi connectivity index (χ2n) is 7.26. The molecule has 1 heterocycles. The maximum absolute atomic E-state index is 13.3. The number of halogens is 2. The topological polar surface area (TPSA) is 94.9 Å². The molecule has 6 nitrogen and oxygen atoms in total. The van der Waals surface area contributed by atoms with Crippen LogP contribution in [0.5, 0.6) is 0 Å². The summed E-state index contributed by atoms with van der Waals surface area (Å²) in [5.74, 6) is -3.26. The number of carbonyl (C=O) groups excluding carboxylic acids is 2. The SMILES string of the molecule is O=C(O)CCCCCN1C(=O)C(=O)/C(=C(\O)c2ccc(F)cc2)C1c1ccc(Br)cc1. The highest BCUT2D eigenvalue weighted by molar-refractivity contribution is 9.10. The van der Waals surface area contributed by atoms with Gasteiger partial charge in [0.25, 0.3) is 11.7 Å². The number of aliphatic hydroxyl groups excluding tert-OH is 1. The fourth-order valence-corrected chi connectivity index (χ4v) is 3.87. The van der Waals surface area contributed by atoms with Crippen LogP contribution in [-0.2, 0) is 14.4 Å². The lowest BCUT2D eigenvalue weighted by Crippen LogP contribution is -2.30. The van der Waals surface area contributed by atoms with Crippen LogP contribution in [0.15, 0.2) is 58.6 Å². The molecule has 31 heavy (non-hydrogen) atoms. The molecule has 2 aromatic carbocycles. The van der Waals surface area contributed by atoms with Crippen LogP contribution in [-0.4, -0.2) is 39.3 Å². The van der Waals surface area contributed by atoms with E-state index in [-0.39, 0.29) is 29.9 Å². The van der Waals surface area contributed by atoms with E-state index in [1.165, 1.54) is 29.2 Å². The van der Waals surface area contributed by atoms with Crippen LogP contribution < -0.4 is 0 Å². The van der Waals surface area contributed by atoms with Crippen molar-refractivity contribution >= 4 is 39.3 Å². The standard InChI is InChI=1S/C23H21BrFNO5/c24-16-9-5-14(6-10-16)20-19(21(29)15-7-11-17(25)12-8-15)22(30)23(31)26(20)13-3-1-2-4-18(27)28/h5-12,20,29H,1-4,13H2,(H,27,28)/b21-19-. The molecule has 1 fully saturated rings. The van der Waals surface area contributed by atoms with Crippen LogP contribution in [0.2, 0.25) is 0 Å². The molecule has 0 spiro atoms. The molecule has 8 heteroatoms. The largest absolute Gasteiger partial charge is 0.507 e. The molecule has 1 aliphatic rings. The zero-order chi connectivity index (χ0) is 22.5. The number of amides is 1. The Labute approximate surface area is 187 Å².